The fourth-order valence-electron chi connectivity index (χ4n) is 1.57. The minimum atomic E-state index is -0.0111. The Balaban J connectivity index is 3.22. The summed E-state index contributed by atoms with van der Waals surface area (Å²) in [4.78, 5) is 12.0. The molecule has 0 unspecified atom stereocenters. The van der Waals surface area contributed by atoms with Gasteiger partial charge in [0.1, 0.15) is 5.69 Å². The molecule has 1 heterocycles. The molecule has 1 aromatic rings. The van der Waals surface area contributed by atoms with Gasteiger partial charge in [0.15, 0.2) is 5.16 Å². The second-order valence-corrected chi connectivity index (χ2v) is 4.22. The predicted octanol–water partition coefficient (Wildman–Crippen LogP) is 1.80. The monoisotopic (exact) mass is 227 g/mol. The summed E-state index contributed by atoms with van der Waals surface area (Å²) in [5.74, 6) is 0.229. The Morgan fingerprint density at radius 2 is 1.93 bits per heavy atom. The van der Waals surface area contributed by atoms with E-state index in [-0.39, 0.29) is 11.5 Å². The average Bonchev–Trinajstić information content (AvgIpc) is 2.26. The smallest absolute Gasteiger partial charge is 0.276 e. The zero-order valence-corrected chi connectivity index (χ0v) is 10.5. The van der Waals surface area contributed by atoms with Crippen molar-refractivity contribution in [2.45, 2.75) is 37.8 Å². The molecule has 0 aliphatic heterocycles. The van der Waals surface area contributed by atoms with Gasteiger partial charge < -0.3 is 0 Å². The Bertz CT molecular complexity index is 385. The Hall–Kier alpha value is -0.840. The van der Waals surface area contributed by atoms with Crippen molar-refractivity contribution in [1.29, 1.82) is 0 Å². The topological polar surface area (TPSA) is 47.8 Å². The number of nitrogens with zero attached hydrogens (tertiary/aromatic N) is 3. The summed E-state index contributed by atoms with van der Waals surface area (Å²) >= 11 is 1.43. The third-order valence-electron chi connectivity index (χ3n) is 2.61. The second kappa shape index (κ2) is 5.30. The van der Waals surface area contributed by atoms with Gasteiger partial charge in [-0.25, -0.2) is 0 Å². The van der Waals surface area contributed by atoms with E-state index in [0.29, 0.717) is 10.9 Å². The summed E-state index contributed by atoms with van der Waals surface area (Å²) in [6.45, 7) is 4.13. The molecule has 5 heteroatoms. The summed E-state index contributed by atoms with van der Waals surface area (Å²) in [5.41, 5.74) is 0.586. The van der Waals surface area contributed by atoms with Gasteiger partial charge in [0, 0.05) is 13.0 Å². The number of hydrogen-bond acceptors (Lipinski definition) is 4. The van der Waals surface area contributed by atoms with E-state index in [2.05, 4.69) is 24.0 Å². The van der Waals surface area contributed by atoms with Gasteiger partial charge in [-0.2, -0.15) is 0 Å². The van der Waals surface area contributed by atoms with Crippen molar-refractivity contribution < 1.29 is 0 Å². The molecular weight excluding hydrogens is 210 g/mol. The number of aromatic nitrogens is 3. The molecule has 0 aliphatic carbocycles. The van der Waals surface area contributed by atoms with E-state index in [4.69, 9.17) is 0 Å². The normalized spacial score (nSPS) is 11.0. The van der Waals surface area contributed by atoms with Crippen LogP contribution in [0.3, 0.4) is 0 Å². The molecule has 0 spiro atoms. The molecule has 84 valence electrons. The van der Waals surface area contributed by atoms with Crippen LogP contribution in [-0.2, 0) is 7.05 Å². The standard InChI is InChI=1S/C10H17N3OS/c1-5-7(6-2)8-9(14)13(3)10(15-4)12-11-8/h7H,5-6H2,1-4H3. The Labute approximate surface area is 94.1 Å². The molecule has 15 heavy (non-hydrogen) atoms. The van der Waals surface area contributed by atoms with Crippen molar-refractivity contribution in [2.24, 2.45) is 7.05 Å². The maximum atomic E-state index is 12.0. The van der Waals surface area contributed by atoms with Crippen LogP contribution in [0.25, 0.3) is 0 Å². The highest BCUT2D eigenvalue weighted by Crippen LogP contribution is 2.18. The minimum absolute atomic E-state index is 0.0111. The van der Waals surface area contributed by atoms with E-state index < -0.39 is 0 Å². The molecule has 0 N–H and O–H groups in total. The van der Waals surface area contributed by atoms with E-state index in [0.717, 1.165) is 12.8 Å². The van der Waals surface area contributed by atoms with Crippen LogP contribution in [0.15, 0.2) is 9.95 Å². The molecular formula is C10H17N3OS. The molecule has 0 saturated carbocycles. The van der Waals surface area contributed by atoms with Gasteiger partial charge in [-0.15, -0.1) is 10.2 Å². The van der Waals surface area contributed by atoms with Gasteiger partial charge in [0.05, 0.1) is 0 Å². The second-order valence-electron chi connectivity index (χ2n) is 3.45. The van der Waals surface area contributed by atoms with Gasteiger partial charge in [0.25, 0.3) is 5.56 Å². The van der Waals surface area contributed by atoms with Gasteiger partial charge in [-0.1, -0.05) is 25.6 Å². The predicted molar refractivity (Wildman–Crippen MR) is 62.4 cm³/mol. The fraction of sp³-hybridized carbons (Fsp3) is 0.700. The fourth-order valence-corrected chi connectivity index (χ4v) is 2.05. The number of hydrogen-bond donors (Lipinski definition) is 0. The van der Waals surface area contributed by atoms with Crippen molar-refractivity contribution in [3.05, 3.63) is 16.0 Å². The molecule has 0 atom stereocenters. The number of rotatable bonds is 4. The van der Waals surface area contributed by atoms with Crippen LogP contribution in [0.2, 0.25) is 0 Å². The first-order valence-corrected chi connectivity index (χ1v) is 6.35. The van der Waals surface area contributed by atoms with E-state index in [1.54, 1.807) is 11.6 Å². The highest BCUT2D eigenvalue weighted by atomic mass is 32.2. The van der Waals surface area contributed by atoms with Crippen molar-refractivity contribution in [1.82, 2.24) is 14.8 Å². The number of thioether (sulfide) groups is 1. The molecule has 0 aromatic carbocycles. The molecule has 4 nitrogen and oxygen atoms in total. The summed E-state index contributed by atoms with van der Waals surface area (Å²) in [6.07, 6.45) is 3.75. The van der Waals surface area contributed by atoms with Crippen LogP contribution in [-0.4, -0.2) is 21.0 Å². The molecule has 0 fully saturated rings. The van der Waals surface area contributed by atoms with Gasteiger partial charge >= 0.3 is 0 Å². The zero-order chi connectivity index (χ0) is 11.4. The maximum Gasteiger partial charge on any atom is 0.276 e. The Kier molecular flexibility index (Phi) is 4.32. The molecule has 1 aromatic heterocycles. The third kappa shape index (κ3) is 2.40. The maximum absolute atomic E-state index is 12.0. The minimum Gasteiger partial charge on any atom is -0.288 e. The third-order valence-corrected chi connectivity index (χ3v) is 3.33. The molecule has 1 rings (SSSR count). The molecule has 0 aliphatic rings. The molecule has 0 bridgehead atoms. The average molecular weight is 227 g/mol. The lowest BCUT2D eigenvalue weighted by molar-refractivity contribution is 0.556. The van der Waals surface area contributed by atoms with Crippen LogP contribution in [0, 0.1) is 0 Å². The largest absolute Gasteiger partial charge is 0.288 e. The lowest BCUT2D eigenvalue weighted by Crippen LogP contribution is -2.27. The van der Waals surface area contributed by atoms with Crippen LogP contribution >= 0.6 is 11.8 Å². The summed E-state index contributed by atoms with van der Waals surface area (Å²) in [6, 6.07) is 0. The summed E-state index contributed by atoms with van der Waals surface area (Å²) in [5, 5.41) is 8.76. The van der Waals surface area contributed by atoms with Crippen LogP contribution in [0.5, 0.6) is 0 Å². The van der Waals surface area contributed by atoms with Gasteiger partial charge in [-0.05, 0) is 19.1 Å². The van der Waals surface area contributed by atoms with Crippen molar-refractivity contribution in [2.75, 3.05) is 6.26 Å². The van der Waals surface area contributed by atoms with E-state index in [1.165, 1.54) is 11.8 Å². The quantitative estimate of drug-likeness (QED) is 0.736. The van der Waals surface area contributed by atoms with Gasteiger partial charge in [-0.3, -0.25) is 9.36 Å². The lowest BCUT2D eigenvalue weighted by Gasteiger charge is -2.12. The molecule has 0 saturated heterocycles. The summed E-state index contributed by atoms with van der Waals surface area (Å²) < 4.78 is 1.57. The van der Waals surface area contributed by atoms with Crippen molar-refractivity contribution >= 4 is 11.8 Å². The highest BCUT2D eigenvalue weighted by molar-refractivity contribution is 7.98. The first-order chi connectivity index (χ1) is 7.15. The Morgan fingerprint density at radius 3 is 2.40 bits per heavy atom. The van der Waals surface area contributed by atoms with Crippen molar-refractivity contribution in [3.8, 4) is 0 Å². The zero-order valence-electron chi connectivity index (χ0n) is 9.65. The van der Waals surface area contributed by atoms with Gasteiger partial charge in [0.2, 0.25) is 0 Å². The SMILES string of the molecule is CCC(CC)c1nnc(SC)n(C)c1=O. The summed E-state index contributed by atoms with van der Waals surface area (Å²) in [7, 11) is 1.74. The van der Waals surface area contributed by atoms with Crippen LogP contribution in [0.1, 0.15) is 38.3 Å². The van der Waals surface area contributed by atoms with E-state index in [1.807, 2.05) is 6.26 Å². The highest BCUT2D eigenvalue weighted by Gasteiger charge is 2.16. The van der Waals surface area contributed by atoms with E-state index in [9.17, 15) is 4.79 Å². The van der Waals surface area contributed by atoms with E-state index >= 15 is 0 Å². The Morgan fingerprint density at radius 1 is 1.33 bits per heavy atom. The first kappa shape index (κ1) is 12.2. The molecule has 0 amide bonds. The lowest BCUT2D eigenvalue weighted by atomic mass is 10.0. The van der Waals surface area contributed by atoms with Crippen LogP contribution in [0.4, 0.5) is 0 Å². The first-order valence-electron chi connectivity index (χ1n) is 5.13. The van der Waals surface area contributed by atoms with Crippen LogP contribution < -0.4 is 5.56 Å². The molecule has 0 radical (unpaired) electrons. The van der Waals surface area contributed by atoms with Crippen molar-refractivity contribution in [3.63, 3.8) is 0 Å².